The molecule has 3 nitrogen and oxygen atoms in total. The van der Waals surface area contributed by atoms with Gasteiger partial charge in [-0.3, -0.25) is 0 Å². The van der Waals surface area contributed by atoms with E-state index in [2.05, 4.69) is 98.4 Å². The van der Waals surface area contributed by atoms with Gasteiger partial charge in [-0.25, -0.2) is 4.79 Å². The molecule has 49 heavy (non-hydrogen) atoms. The summed E-state index contributed by atoms with van der Waals surface area (Å²) in [7, 11) is 0. The lowest BCUT2D eigenvalue weighted by atomic mass is 9.95. The molecule has 0 aliphatic heterocycles. The highest BCUT2D eigenvalue weighted by molar-refractivity contribution is 5.91. The van der Waals surface area contributed by atoms with E-state index in [0.29, 0.717) is 17.9 Å². The number of hydrogen-bond acceptors (Lipinski definition) is 3. The molecule has 0 spiro atoms. The lowest BCUT2D eigenvalue weighted by Gasteiger charge is -2.18. The Kier molecular flexibility index (Phi) is 13.4. The molecule has 0 aromatic heterocycles. The predicted octanol–water partition coefficient (Wildman–Crippen LogP) is 13.1. The van der Waals surface area contributed by atoms with Crippen LogP contribution in [-0.2, 0) is 4.79 Å². The van der Waals surface area contributed by atoms with Gasteiger partial charge in [0.1, 0.15) is 11.5 Å². The summed E-state index contributed by atoms with van der Waals surface area (Å²) in [4.78, 5) is 12.9. The zero-order chi connectivity index (χ0) is 34.3. The monoisotopic (exact) mass is 650 g/mol. The Hall–Kier alpha value is -4.89. The van der Waals surface area contributed by atoms with Gasteiger partial charge in [-0.2, -0.15) is 0 Å². The Labute approximate surface area is 293 Å². The number of carbonyl (C=O) groups is 1. The van der Waals surface area contributed by atoms with E-state index >= 15 is 0 Å². The Balaban J connectivity index is 1.42. The van der Waals surface area contributed by atoms with Crippen LogP contribution < -0.4 is 9.47 Å². The van der Waals surface area contributed by atoms with Gasteiger partial charge >= 0.3 is 5.97 Å². The molecular formula is C46H50O3. The van der Waals surface area contributed by atoms with Crippen LogP contribution in [0.2, 0.25) is 0 Å². The topological polar surface area (TPSA) is 35.5 Å². The molecule has 5 aromatic rings. The van der Waals surface area contributed by atoms with E-state index < -0.39 is 5.97 Å². The van der Waals surface area contributed by atoms with Crippen molar-refractivity contribution in [2.75, 3.05) is 6.61 Å². The van der Waals surface area contributed by atoms with Gasteiger partial charge in [0.25, 0.3) is 0 Å². The maximum Gasteiger partial charge on any atom is 0.338 e. The first-order valence-electron chi connectivity index (χ1n) is 18.0. The zero-order valence-electron chi connectivity index (χ0n) is 29.3. The van der Waals surface area contributed by atoms with Crippen LogP contribution >= 0.6 is 0 Å². The molecule has 0 radical (unpaired) electrons. The fourth-order valence-corrected chi connectivity index (χ4v) is 6.12. The van der Waals surface area contributed by atoms with Crippen molar-refractivity contribution in [2.24, 2.45) is 0 Å². The van der Waals surface area contributed by atoms with Crippen LogP contribution in [-0.4, -0.2) is 12.6 Å². The van der Waals surface area contributed by atoms with Crippen LogP contribution in [0, 0.1) is 0 Å². The number of benzene rings is 5. The van der Waals surface area contributed by atoms with Gasteiger partial charge in [0.15, 0.2) is 0 Å². The van der Waals surface area contributed by atoms with Gasteiger partial charge in [-0.1, -0.05) is 180 Å². The highest BCUT2D eigenvalue weighted by atomic mass is 16.5. The van der Waals surface area contributed by atoms with E-state index in [9.17, 15) is 4.79 Å². The molecule has 0 bridgehead atoms. The third kappa shape index (κ3) is 10.3. The maximum absolute atomic E-state index is 12.9. The molecule has 252 valence electrons. The minimum Gasteiger partial charge on any atom is -0.493 e. The highest BCUT2D eigenvalue weighted by Gasteiger charge is 2.19. The first-order chi connectivity index (χ1) is 24.0. The number of ether oxygens (including phenoxy) is 2. The molecule has 5 aromatic carbocycles. The van der Waals surface area contributed by atoms with Crippen molar-refractivity contribution in [3.63, 3.8) is 0 Å². The van der Waals surface area contributed by atoms with Crippen LogP contribution in [0.1, 0.15) is 78.1 Å². The third-order valence-electron chi connectivity index (χ3n) is 8.99. The van der Waals surface area contributed by atoms with Crippen molar-refractivity contribution in [2.45, 2.75) is 78.1 Å². The van der Waals surface area contributed by atoms with E-state index in [1.165, 1.54) is 51.4 Å². The first-order valence-corrected chi connectivity index (χ1v) is 18.0. The Morgan fingerprint density at radius 1 is 0.510 bits per heavy atom. The fourth-order valence-electron chi connectivity index (χ4n) is 6.12. The molecule has 0 saturated carbocycles. The van der Waals surface area contributed by atoms with E-state index in [0.717, 1.165) is 63.1 Å². The summed E-state index contributed by atoms with van der Waals surface area (Å²) in [5.41, 5.74) is 8.56. The van der Waals surface area contributed by atoms with Crippen LogP contribution in [0.25, 0.3) is 44.5 Å². The second kappa shape index (κ2) is 18.6. The minimum atomic E-state index is -0.452. The van der Waals surface area contributed by atoms with Gasteiger partial charge in [-0.15, -0.1) is 0 Å². The average molecular weight is 651 g/mol. The van der Waals surface area contributed by atoms with Crippen molar-refractivity contribution >= 4 is 5.97 Å². The molecule has 0 saturated heterocycles. The quantitative estimate of drug-likeness (QED) is 0.0410. The van der Waals surface area contributed by atoms with Gasteiger partial charge < -0.3 is 9.47 Å². The van der Waals surface area contributed by atoms with Gasteiger partial charge in [0, 0.05) is 16.7 Å². The van der Waals surface area contributed by atoms with Crippen molar-refractivity contribution in [1.29, 1.82) is 0 Å². The van der Waals surface area contributed by atoms with Gasteiger partial charge in [-0.05, 0) is 58.9 Å². The smallest absolute Gasteiger partial charge is 0.338 e. The van der Waals surface area contributed by atoms with Crippen LogP contribution in [0.5, 0.6) is 11.5 Å². The van der Waals surface area contributed by atoms with E-state index in [-0.39, 0.29) is 0 Å². The van der Waals surface area contributed by atoms with Crippen molar-refractivity contribution in [3.8, 4) is 56.0 Å². The number of hydrogen-bond donors (Lipinski definition) is 0. The molecule has 0 unspecified atom stereocenters. The molecular weight excluding hydrogens is 601 g/mol. The maximum atomic E-state index is 12.9. The highest BCUT2D eigenvalue weighted by Crippen LogP contribution is 2.42. The predicted molar refractivity (Wildman–Crippen MR) is 206 cm³/mol. The summed E-state index contributed by atoms with van der Waals surface area (Å²) in [6, 6.07) is 41.5. The number of unbranched alkanes of at least 4 members (excludes halogenated alkanes) is 9. The lowest BCUT2D eigenvalue weighted by molar-refractivity contribution is -0.130. The molecule has 3 heteroatoms. The largest absolute Gasteiger partial charge is 0.493 e. The summed E-state index contributed by atoms with van der Waals surface area (Å²) in [5.74, 6) is 0.807. The SMILES string of the molecule is C=C(C)C(=O)Oc1cc(-c2ccc(-c3ccccc3)cc2)c(OCCCCCCCCCCCC)cc1-c1ccc(-c2ccccc2)cc1. The third-order valence-corrected chi connectivity index (χ3v) is 8.99. The summed E-state index contributed by atoms with van der Waals surface area (Å²) in [6.07, 6.45) is 12.7. The fraction of sp³-hybridized carbons (Fsp3) is 0.283. The molecule has 0 aliphatic carbocycles. The number of esters is 1. The Morgan fingerprint density at radius 3 is 1.37 bits per heavy atom. The van der Waals surface area contributed by atoms with E-state index in [1.807, 2.05) is 36.4 Å². The molecule has 5 rings (SSSR count). The average Bonchev–Trinajstić information content (AvgIpc) is 3.15. The van der Waals surface area contributed by atoms with Crippen LogP contribution in [0.4, 0.5) is 0 Å². The van der Waals surface area contributed by atoms with Crippen molar-refractivity contribution in [1.82, 2.24) is 0 Å². The molecule has 0 heterocycles. The first kappa shape index (κ1) is 35.4. The van der Waals surface area contributed by atoms with Crippen molar-refractivity contribution in [3.05, 3.63) is 133 Å². The summed E-state index contributed by atoms with van der Waals surface area (Å²) < 4.78 is 12.6. The minimum absolute atomic E-state index is 0.348. The molecule has 0 atom stereocenters. The van der Waals surface area contributed by atoms with E-state index in [4.69, 9.17) is 9.47 Å². The van der Waals surface area contributed by atoms with Gasteiger partial charge in [0.05, 0.1) is 6.61 Å². The van der Waals surface area contributed by atoms with Crippen molar-refractivity contribution < 1.29 is 14.3 Å². The Morgan fingerprint density at radius 2 is 0.898 bits per heavy atom. The summed E-state index contributed by atoms with van der Waals surface area (Å²) >= 11 is 0. The second-order valence-electron chi connectivity index (χ2n) is 12.9. The van der Waals surface area contributed by atoms with Crippen LogP contribution in [0.15, 0.2) is 133 Å². The number of rotatable bonds is 18. The standard InChI is InChI=1S/C46H50O3/c1-4-5-6-7-8-9-10-11-12-19-32-48-44-33-43(41-30-26-39(27-31-41)37-22-17-14-18-23-37)45(49-46(47)35(2)3)34-42(44)40-28-24-38(25-29-40)36-20-15-13-16-21-36/h13-18,20-31,33-34H,2,4-12,19,32H2,1,3H3. The second-order valence-corrected chi connectivity index (χ2v) is 12.9. The summed E-state index contributed by atoms with van der Waals surface area (Å²) in [6.45, 7) is 8.39. The van der Waals surface area contributed by atoms with Gasteiger partial charge in [0.2, 0.25) is 0 Å². The van der Waals surface area contributed by atoms with Crippen LogP contribution in [0.3, 0.4) is 0 Å². The van der Waals surface area contributed by atoms with E-state index in [1.54, 1.807) is 6.92 Å². The lowest BCUT2D eigenvalue weighted by Crippen LogP contribution is -2.09. The molecule has 0 fully saturated rings. The number of carbonyl (C=O) groups excluding carboxylic acids is 1. The Bertz CT molecular complexity index is 1750. The molecule has 0 aliphatic rings. The molecule has 0 N–H and O–H groups in total. The molecule has 0 amide bonds. The summed E-state index contributed by atoms with van der Waals surface area (Å²) in [5, 5.41) is 0. The normalized spacial score (nSPS) is 10.9. The zero-order valence-corrected chi connectivity index (χ0v) is 29.3.